The lowest BCUT2D eigenvalue weighted by atomic mass is 10.1. The normalized spacial score (nSPS) is 11.9. The van der Waals surface area contributed by atoms with E-state index in [0.717, 1.165) is 0 Å². The van der Waals surface area contributed by atoms with Crippen molar-refractivity contribution in [3.8, 4) is 28.3 Å². The van der Waals surface area contributed by atoms with Gasteiger partial charge in [0.15, 0.2) is 22.6 Å². The summed E-state index contributed by atoms with van der Waals surface area (Å²) in [6.45, 7) is 2.87. The Hall–Kier alpha value is -4.41. The maximum atomic E-state index is 13.9. The van der Waals surface area contributed by atoms with Crippen LogP contribution in [-0.4, -0.2) is 32.5 Å². The van der Waals surface area contributed by atoms with Crippen LogP contribution in [0, 0.1) is 6.92 Å². The summed E-state index contributed by atoms with van der Waals surface area (Å²) in [6, 6.07) is 10.9. The van der Waals surface area contributed by atoms with Crippen molar-refractivity contribution in [1.82, 2.24) is 19.6 Å². The van der Waals surface area contributed by atoms with Gasteiger partial charge in [-0.05, 0) is 31.5 Å². The number of rotatable bonds is 4. The number of halogens is 3. The summed E-state index contributed by atoms with van der Waals surface area (Å²) in [7, 11) is 1.41. The Morgan fingerprint density at radius 2 is 1.83 bits per heavy atom. The van der Waals surface area contributed by atoms with Crippen molar-refractivity contribution in [2.24, 2.45) is 0 Å². The van der Waals surface area contributed by atoms with Gasteiger partial charge in [0.1, 0.15) is 17.0 Å². The van der Waals surface area contributed by atoms with Crippen LogP contribution >= 0.6 is 0 Å². The Morgan fingerprint density at radius 3 is 2.46 bits per heavy atom. The number of carbonyl (C=O) groups is 1. The number of aromatic nitrogens is 4. The fourth-order valence-electron chi connectivity index (χ4n) is 4.05. The van der Waals surface area contributed by atoms with Crippen LogP contribution < -0.4 is 10.3 Å². The summed E-state index contributed by atoms with van der Waals surface area (Å²) in [6.07, 6.45) is -4.81. The second kappa shape index (κ2) is 7.83. The van der Waals surface area contributed by atoms with Crippen LogP contribution in [-0.2, 0) is 6.18 Å². The summed E-state index contributed by atoms with van der Waals surface area (Å²) in [5, 5.41) is 3.62. The standard InChI is InChI=1S/C24H17F3N4O4/c1-11-16(22-29-18-15(34-3)10-9-14(12(2)32)19(18)35-22)23(33)31-21(28-11)17(13-7-5-4-6-8-13)20(30-31)24(25,26)27/h4-10,28H,1-3H3. The van der Waals surface area contributed by atoms with E-state index < -0.39 is 17.4 Å². The minimum atomic E-state index is -4.81. The summed E-state index contributed by atoms with van der Waals surface area (Å²) < 4.78 is 53.4. The molecule has 0 saturated heterocycles. The van der Waals surface area contributed by atoms with Crippen molar-refractivity contribution in [3.05, 3.63) is 69.8 Å². The first-order valence-corrected chi connectivity index (χ1v) is 10.4. The number of ketones is 1. The Bertz CT molecular complexity index is 1680. The summed E-state index contributed by atoms with van der Waals surface area (Å²) in [5.74, 6) is -0.172. The zero-order valence-electron chi connectivity index (χ0n) is 18.6. The van der Waals surface area contributed by atoms with Crippen LogP contribution in [0.5, 0.6) is 5.75 Å². The number of hydrogen-bond acceptors (Lipinski definition) is 6. The molecular weight excluding hydrogens is 465 g/mol. The molecule has 5 rings (SSSR count). The molecule has 178 valence electrons. The van der Waals surface area contributed by atoms with E-state index in [-0.39, 0.29) is 56.4 Å². The van der Waals surface area contributed by atoms with E-state index in [1.54, 1.807) is 24.3 Å². The average Bonchev–Trinajstić information content (AvgIpc) is 3.41. The number of ether oxygens (including phenoxy) is 1. The zero-order chi connectivity index (χ0) is 25.1. The third-order valence-corrected chi connectivity index (χ3v) is 5.62. The van der Waals surface area contributed by atoms with Gasteiger partial charge in [-0.15, -0.1) is 0 Å². The highest BCUT2D eigenvalue weighted by Gasteiger charge is 2.39. The molecule has 3 heterocycles. The van der Waals surface area contributed by atoms with E-state index >= 15 is 0 Å². The van der Waals surface area contributed by atoms with E-state index in [2.05, 4.69) is 15.1 Å². The van der Waals surface area contributed by atoms with Crippen molar-refractivity contribution in [2.45, 2.75) is 20.0 Å². The molecule has 0 bridgehead atoms. The van der Waals surface area contributed by atoms with Crippen molar-refractivity contribution >= 4 is 22.5 Å². The number of Topliss-reactive ketones (excluding diaryl/α,β-unsaturated/α-hetero) is 1. The maximum absolute atomic E-state index is 13.9. The fourth-order valence-corrected chi connectivity index (χ4v) is 4.05. The first-order chi connectivity index (χ1) is 16.6. The third-order valence-electron chi connectivity index (χ3n) is 5.62. The molecule has 8 nitrogen and oxygen atoms in total. The number of aromatic amines is 1. The molecule has 2 aromatic carbocycles. The van der Waals surface area contributed by atoms with E-state index in [4.69, 9.17) is 9.15 Å². The highest BCUT2D eigenvalue weighted by atomic mass is 19.4. The number of benzene rings is 2. The molecule has 35 heavy (non-hydrogen) atoms. The number of fused-ring (bicyclic) bond motifs is 2. The topological polar surface area (TPSA) is 102 Å². The van der Waals surface area contributed by atoms with Crippen LogP contribution in [0.3, 0.4) is 0 Å². The van der Waals surface area contributed by atoms with E-state index in [1.165, 1.54) is 39.2 Å². The van der Waals surface area contributed by atoms with Gasteiger partial charge in [0.25, 0.3) is 5.56 Å². The Kier molecular flexibility index (Phi) is 5.01. The fraction of sp³-hybridized carbons (Fsp3) is 0.167. The summed E-state index contributed by atoms with van der Waals surface area (Å²) in [5.41, 5.74) is -1.57. The number of carbonyl (C=O) groups excluding carboxylic acids is 1. The summed E-state index contributed by atoms with van der Waals surface area (Å²) in [4.78, 5) is 32.7. The van der Waals surface area contributed by atoms with Gasteiger partial charge in [0.2, 0.25) is 5.89 Å². The Labute approximate surface area is 195 Å². The number of aryl methyl sites for hydroxylation is 1. The molecule has 0 fully saturated rings. The minimum absolute atomic E-state index is 0.104. The molecular formula is C24H17F3N4O4. The Morgan fingerprint density at radius 1 is 1.11 bits per heavy atom. The van der Waals surface area contributed by atoms with Gasteiger partial charge in [-0.2, -0.15) is 22.8 Å². The quantitative estimate of drug-likeness (QED) is 0.360. The van der Waals surface area contributed by atoms with Crippen LogP contribution in [0.1, 0.15) is 28.7 Å². The van der Waals surface area contributed by atoms with Crippen LogP contribution in [0.25, 0.3) is 39.3 Å². The third kappa shape index (κ3) is 3.47. The van der Waals surface area contributed by atoms with Crippen molar-refractivity contribution in [1.29, 1.82) is 0 Å². The van der Waals surface area contributed by atoms with Crippen molar-refractivity contribution in [3.63, 3.8) is 0 Å². The van der Waals surface area contributed by atoms with E-state index in [0.29, 0.717) is 10.3 Å². The monoisotopic (exact) mass is 482 g/mol. The number of oxazole rings is 1. The van der Waals surface area contributed by atoms with Gasteiger partial charge in [0.05, 0.1) is 18.2 Å². The highest BCUT2D eigenvalue weighted by molar-refractivity contribution is 6.05. The van der Waals surface area contributed by atoms with Gasteiger partial charge in [-0.25, -0.2) is 4.98 Å². The van der Waals surface area contributed by atoms with Crippen molar-refractivity contribution < 1.29 is 27.1 Å². The lowest BCUT2D eigenvalue weighted by molar-refractivity contribution is -0.140. The SMILES string of the molecule is COc1ccc(C(C)=O)c2oc(-c3c(C)[nH]c4c(-c5ccccc5)c(C(F)(F)F)nn4c3=O)nc12. The number of alkyl halides is 3. The van der Waals surface area contributed by atoms with Gasteiger partial charge in [-0.3, -0.25) is 9.59 Å². The molecule has 0 aliphatic rings. The molecule has 0 saturated carbocycles. The van der Waals surface area contributed by atoms with Crippen LogP contribution in [0.2, 0.25) is 0 Å². The predicted molar refractivity (Wildman–Crippen MR) is 121 cm³/mol. The number of nitrogens with one attached hydrogen (secondary N) is 1. The summed E-state index contributed by atoms with van der Waals surface area (Å²) >= 11 is 0. The van der Waals surface area contributed by atoms with Gasteiger partial charge >= 0.3 is 6.18 Å². The number of hydrogen-bond donors (Lipinski definition) is 1. The highest BCUT2D eigenvalue weighted by Crippen LogP contribution is 2.39. The molecule has 0 amide bonds. The number of H-pyrrole nitrogens is 1. The first kappa shape index (κ1) is 22.4. The van der Waals surface area contributed by atoms with Crippen molar-refractivity contribution in [2.75, 3.05) is 7.11 Å². The molecule has 0 spiro atoms. The van der Waals surface area contributed by atoms with E-state index in [9.17, 15) is 22.8 Å². The molecule has 0 atom stereocenters. The smallest absolute Gasteiger partial charge is 0.435 e. The molecule has 11 heteroatoms. The van der Waals surface area contributed by atoms with Gasteiger partial charge in [0, 0.05) is 5.69 Å². The number of methoxy groups -OCH3 is 1. The first-order valence-electron chi connectivity index (χ1n) is 10.4. The molecule has 0 radical (unpaired) electrons. The molecule has 0 aliphatic carbocycles. The second-order valence-electron chi connectivity index (χ2n) is 7.85. The lowest BCUT2D eigenvalue weighted by Crippen LogP contribution is -2.20. The second-order valence-corrected chi connectivity index (χ2v) is 7.85. The molecule has 1 N–H and O–H groups in total. The van der Waals surface area contributed by atoms with Crippen LogP contribution in [0.4, 0.5) is 13.2 Å². The number of nitrogens with zero attached hydrogens (tertiary/aromatic N) is 3. The minimum Gasteiger partial charge on any atom is -0.494 e. The zero-order valence-corrected chi connectivity index (χ0v) is 18.6. The predicted octanol–water partition coefficient (Wildman–Crippen LogP) is 5.04. The molecule has 5 aromatic rings. The van der Waals surface area contributed by atoms with Gasteiger partial charge in [-0.1, -0.05) is 30.3 Å². The lowest BCUT2D eigenvalue weighted by Gasteiger charge is -2.07. The largest absolute Gasteiger partial charge is 0.494 e. The van der Waals surface area contributed by atoms with Gasteiger partial charge < -0.3 is 14.1 Å². The Balaban J connectivity index is 1.83. The average molecular weight is 482 g/mol. The maximum Gasteiger partial charge on any atom is 0.435 e. The van der Waals surface area contributed by atoms with Crippen LogP contribution in [0.15, 0.2) is 51.7 Å². The van der Waals surface area contributed by atoms with E-state index in [1.807, 2.05) is 0 Å². The molecule has 0 unspecified atom stereocenters. The molecule has 3 aromatic heterocycles. The molecule has 0 aliphatic heterocycles.